The molecule has 1 atom stereocenters. The quantitative estimate of drug-likeness (QED) is 0.664. The molecule has 0 unspecified atom stereocenters. The molecule has 1 aromatic carbocycles. The number of ether oxygens (including phenoxy) is 1. The van der Waals surface area contributed by atoms with Crippen LogP contribution in [0.25, 0.3) is 11.0 Å². The minimum absolute atomic E-state index is 0.0165. The van der Waals surface area contributed by atoms with Crippen molar-refractivity contribution >= 4 is 22.8 Å². The van der Waals surface area contributed by atoms with Crippen molar-refractivity contribution in [3.63, 3.8) is 0 Å². The Labute approximate surface area is 186 Å². The highest BCUT2D eigenvalue weighted by molar-refractivity contribution is 5.99. The Hall–Kier alpha value is -3.13. The zero-order valence-corrected chi connectivity index (χ0v) is 18.3. The third-order valence-electron chi connectivity index (χ3n) is 6.56. The second kappa shape index (κ2) is 8.78. The van der Waals surface area contributed by atoms with Crippen molar-refractivity contribution in [2.24, 2.45) is 5.92 Å². The van der Waals surface area contributed by atoms with E-state index in [1.165, 1.54) is 0 Å². The Kier molecular flexibility index (Phi) is 5.70. The lowest BCUT2D eigenvalue weighted by molar-refractivity contribution is -0.122. The van der Waals surface area contributed by atoms with Gasteiger partial charge in [0, 0.05) is 43.4 Å². The molecule has 0 spiro atoms. The molecule has 1 saturated heterocycles. The van der Waals surface area contributed by atoms with E-state index < -0.39 is 0 Å². The molecule has 168 valence electrons. The highest BCUT2D eigenvalue weighted by Crippen LogP contribution is 2.29. The maximum Gasteiger partial charge on any atom is 0.290 e. The number of fused-ring (bicyclic) bond motifs is 2. The molecule has 2 aliphatic heterocycles. The second-order valence-corrected chi connectivity index (χ2v) is 8.72. The summed E-state index contributed by atoms with van der Waals surface area (Å²) in [7, 11) is 0. The molecule has 0 saturated carbocycles. The first kappa shape index (κ1) is 20.8. The van der Waals surface area contributed by atoms with E-state index in [0.29, 0.717) is 36.9 Å². The fourth-order valence-corrected chi connectivity index (χ4v) is 4.71. The van der Waals surface area contributed by atoms with Crippen molar-refractivity contribution in [2.45, 2.75) is 38.8 Å². The average Bonchev–Trinajstić information content (AvgIpc) is 3.43. The normalized spacial score (nSPS) is 19.2. The summed E-state index contributed by atoms with van der Waals surface area (Å²) in [6.45, 7) is 4.95. The van der Waals surface area contributed by atoms with Crippen molar-refractivity contribution in [2.75, 3.05) is 26.3 Å². The van der Waals surface area contributed by atoms with Crippen molar-refractivity contribution in [1.82, 2.24) is 20.0 Å². The van der Waals surface area contributed by atoms with Crippen LogP contribution in [0.2, 0.25) is 0 Å². The molecule has 1 fully saturated rings. The third-order valence-corrected chi connectivity index (χ3v) is 6.56. The van der Waals surface area contributed by atoms with Crippen molar-refractivity contribution < 1.29 is 18.7 Å². The van der Waals surface area contributed by atoms with E-state index in [0.717, 1.165) is 42.7 Å². The Morgan fingerprint density at radius 1 is 1.19 bits per heavy atom. The van der Waals surface area contributed by atoms with E-state index >= 15 is 0 Å². The number of furan rings is 1. The maximum atomic E-state index is 13.4. The van der Waals surface area contributed by atoms with Gasteiger partial charge in [-0.3, -0.25) is 14.3 Å². The predicted octanol–water partition coefficient (Wildman–Crippen LogP) is 3.07. The van der Waals surface area contributed by atoms with Crippen LogP contribution in [0.3, 0.4) is 0 Å². The Balaban J connectivity index is 1.29. The minimum atomic E-state index is -0.211. The molecule has 8 heteroatoms. The Morgan fingerprint density at radius 2 is 2.00 bits per heavy atom. The van der Waals surface area contributed by atoms with Crippen molar-refractivity contribution in [3.05, 3.63) is 53.5 Å². The van der Waals surface area contributed by atoms with E-state index in [1.807, 2.05) is 41.9 Å². The fraction of sp³-hybridized carbons (Fsp3) is 0.458. The first-order chi connectivity index (χ1) is 15.6. The number of carbonyl (C=O) groups is 2. The van der Waals surface area contributed by atoms with Crippen LogP contribution in [-0.4, -0.2) is 52.8 Å². The lowest BCUT2D eigenvalue weighted by atomic mass is 10.0. The number of nitrogens with zero attached hydrogens (tertiary/aromatic N) is 3. The number of benzene rings is 1. The summed E-state index contributed by atoms with van der Waals surface area (Å²) >= 11 is 0. The summed E-state index contributed by atoms with van der Waals surface area (Å²) in [5.74, 6) is 0.659. The van der Waals surface area contributed by atoms with Crippen LogP contribution in [-0.2, 0) is 16.1 Å². The van der Waals surface area contributed by atoms with Gasteiger partial charge in [-0.05, 0) is 37.8 Å². The number of para-hydroxylation sites is 1. The van der Waals surface area contributed by atoms with Gasteiger partial charge < -0.3 is 19.4 Å². The third kappa shape index (κ3) is 4.02. The lowest BCUT2D eigenvalue weighted by Crippen LogP contribution is -2.43. The first-order valence-electron chi connectivity index (χ1n) is 11.2. The van der Waals surface area contributed by atoms with Gasteiger partial charge in [-0.1, -0.05) is 18.2 Å². The zero-order valence-electron chi connectivity index (χ0n) is 18.3. The summed E-state index contributed by atoms with van der Waals surface area (Å²) in [6, 6.07) is 9.36. The predicted molar refractivity (Wildman–Crippen MR) is 118 cm³/mol. The van der Waals surface area contributed by atoms with Crippen molar-refractivity contribution in [3.8, 4) is 0 Å². The van der Waals surface area contributed by atoms with Crippen LogP contribution >= 0.6 is 0 Å². The van der Waals surface area contributed by atoms with Gasteiger partial charge in [-0.25, -0.2) is 0 Å². The number of aromatic nitrogens is 2. The van der Waals surface area contributed by atoms with Crippen LogP contribution in [0.5, 0.6) is 0 Å². The molecule has 5 rings (SSSR count). The number of hydrogen-bond donors (Lipinski definition) is 1. The van der Waals surface area contributed by atoms with E-state index in [2.05, 4.69) is 10.4 Å². The Bertz CT molecular complexity index is 1130. The van der Waals surface area contributed by atoms with Crippen LogP contribution in [0.1, 0.15) is 47.1 Å². The van der Waals surface area contributed by atoms with Crippen LogP contribution in [0.4, 0.5) is 0 Å². The number of rotatable bonds is 5. The van der Waals surface area contributed by atoms with Crippen LogP contribution in [0.15, 0.2) is 40.9 Å². The van der Waals surface area contributed by atoms with E-state index in [1.54, 1.807) is 11.1 Å². The number of aryl methyl sites for hydroxylation is 1. The van der Waals surface area contributed by atoms with Crippen LogP contribution in [0, 0.1) is 12.8 Å². The zero-order chi connectivity index (χ0) is 22.1. The smallest absolute Gasteiger partial charge is 0.290 e. The Morgan fingerprint density at radius 3 is 2.81 bits per heavy atom. The molecular weight excluding hydrogens is 408 g/mol. The summed E-state index contributed by atoms with van der Waals surface area (Å²) in [6.07, 6.45) is 3.96. The molecule has 1 N–H and O–H groups in total. The number of amides is 2. The number of carbonyl (C=O) groups excluding carboxylic acids is 2. The molecule has 2 amide bonds. The number of hydrogen-bond acceptors (Lipinski definition) is 5. The molecule has 0 bridgehead atoms. The van der Waals surface area contributed by atoms with Gasteiger partial charge >= 0.3 is 0 Å². The molecule has 4 heterocycles. The van der Waals surface area contributed by atoms with E-state index in [4.69, 9.17) is 9.15 Å². The van der Waals surface area contributed by atoms with Gasteiger partial charge in [0.15, 0.2) is 5.76 Å². The molecule has 2 aliphatic rings. The van der Waals surface area contributed by atoms with Gasteiger partial charge in [0.1, 0.15) is 5.58 Å². The molecule has 0 aliphatic carbocycles. The summed E-state index contributed by atoms with van der Waals surface area (Å²) in [4.78, 5) is 27.8. The van der Waals surface area contributed by atoms with E-state index in [9.17, 15) is 9.59 Å². The molecule has 32 heavy (non-hydrogen) atoms. The summed E-state index contributed by atoms with van der Waals surface area (Å²) in [5, 5.41) is 8.43. The monoisotopic (exact) mass is 436 g/mol. The van der Waals surface area contributed by atoms with Gasteiger partial charge in [0.2, 0.25) is 5.91 Å². The van der Waals surface area contributed by atoms with E-state index in [-0.39, 0.29) is 24.3 Å². The van der Waals surface area contributed by atoms with Gasteiger partial charge in [-0.2, -0.15) is 5.10 Å². The topological polar surface area (TPSA) is 89.6 Å². The molecule has 0 radical (unpaired) electrons. The van der Waals surface area contributed by atoms with Crippen molar-refractivity contribution in [1.29, 1.82) is 0 Å². The maximum absolute atomic E-state index is 13.4. The highest BCUT2D eigenvalue weighted by atomic mass is 16.5. The minimum Gasteiger partial charge on any atom is -0.451 e. The molecule has 3 aromatic rings. The first-order valence-corrected chi connectivity index (χ1v) is 11.2. The fourth-order valence-electron chi connectivity index (χ4n) is 4.71. The summed E-state index contributed by atoms with van der Waals surface area (Å²) in [5.41, 5.74) is 2.47. The highest BCUT2D eigenvalue weighted by Gasteiger charge is 2.32. The second-order valence-electron chi connectivity index (χ2n) is 8.72. The van der Waals surface area contributed by atoms with Crippen LogP contribution < -0.4 is 5.32 Å². The number of nitrogens with one attached hydrogen (secondary N) is 1. The lowest BCUT2D eigenvalue weighted by Gasteiger charge is -2.33. The standard InChI is InChI=1S/C24H28N4O4/c1-16-20-4-2-3-5-21(20)32-23(16)24(30)27-14-18-6-9-26-28(18)19(15-27)12-22(29)25-13-17-7-10-31-11-8-17/h2-6,9,17,19H,7-8,10-15H2,1H3,(H,25,29)/t19-/m1/s1. The largest absolute Gasteiger partial charge is 0.451 e. The molecule has 2 aromatic heterocycles. The van der Waals surface area contributed by atoms with Gasteiger partial charge in [0.05, 0.1) is 24.7 Å². The van der Waals surface area contributed by atoms with Gasteiger partial charge in [-0.15, -0.1) is 0 Å². The molecule has 8 nitrogen and oxygen atoms in total. The van der Waals surface area contributed by atoms with Gasteiger partial charge in [0.25, 0.3) is 5.91 Å². The average molecular weight is 437 g/mol. The molecular formula is C24H28N4O4. The summed E-state index contributed by atoms with van der Waals surface area (Å²) < 4.78 is 13.2. The SMILES string of the molecule is Cc1c(C(=O)N2Cc3ccnn3[C@H](CC(=O)NCC3CCOCC3)C2)oc2ccccc12.